The van der Waals surface area contributed by atoms with Gasteiger partial charge in [0.25, 0.3) is 5.91 Å². The van der Waals surface area contributed by atoms with Gasteiger partial charge in [0.2, 0.25) is 11.9 Å². The molecule has 1 aliphatic heterocycles. The molecule has 2 amide bonds. The second-order valence-corrected chi connectivity index (χ2v) is 7.42. The van der Waals surface area contributed by atoms with Crippen molar-refractivity contribution in [1.82, 2.24) is 14.9 Å². The number of nitrogens with one attached hydrogen (secondary N) is 2. The highest BCUT2D eigenvalue weighted by atomic mass is 16.4. The van der Waals surface area contributed by atoms with Gasteiger partial charge in [0.05, 0.1) is 11.1 Å². The highest BCUT2D eigenvalue weighted by Crippen LogP contribution is 2.20. The number of carbonyl (C=O) groups is 3. The molecular formula is C23H21N5O4. The number of hydrogen-bond acceptors (Lipinski definition) is 6. The summed E-state index contributed by atoms with van der Waals surface area (Å²) in [5.41, 5.74) is 1.82. The van der Waals surface area contributed by atoms with E-state index in [0.29, 0.717) is 35.8 Å². The number of hydrogen-bond donors (Lipinski definition) is 3. The fourth-order valence-electron chi connectivity index (χ4n) is 3.54. The van der Waals surface area contributed by atoms with Crippen molar-refractivity contribution in [3.8, 4) is 0 Å². The van der Waals surface area contributed by atoms with Crippen molar-refractivity contribution in [2.75, 3.05) is 23.7 Å². The number of nitrogens with zero attached hydrogens (tertiary/aromatic N) is 3. The van der Waals surface area contributed by atoms with Crippen LogP contribution in [-0.2, 0) is 4.79 Å². The monoisotopic (exact) mass is 431 g/mol. The van der Waals surface area contributed by atoms with Gasteiger partial charge in [0, 0.05) is 42.0 Å². The van der Waals surface area contributed by atoms with Gasteiger partial charge in [-0.2, -0.15) is 0 Å². The van der Waals surface area contributed by atoms with Gasteiger partial charge in [-0.25, -0.2) is 14.8 Å². The van der Waals surface area contributed by atoms with E-state index in [1.54, 1.807) is 41.4 Å². The van der Waals surface area contributed by atoms with E-state index in [2.05, 4.69) is 27.2 Å². The van der Waals surface area contributed by atoms with Gasteiger partial charge in [-0.15, -0.1) is 0 Å². The number of aromatic carboxylic acids is 1. The first-order valence-corrected chi connectivity index (χ1v) is 10.0. The molecule has 2 heterocycles. The Hall–Kier alpha value is -4.27. The number of carboxylic acid groups (broad SMARTS) is 1. The number of aromatic nitrogens is 2. The molecule has 0 bridgehead atoms. The Morgan fingerprint density at radius 1 is 1.12 bits per heavy atom. The SMILES string of the molecule is C=CC(=O)Nc1ccc(C(=O)N2CCC(Nc3ncc4ccc(C(=O)O)cc4n3)C2)cc1. The van der Waals surface area contributed by atoms with Crippen molar-refractivity contribution in [2.24, 2.45) is 0 Å². The van der Waals surface area contributed by atoms with Crippen LogP contribution in [-0.4, -0.2) is 56.9 Å². The largest absolute Gasteiger partial charge is 0.478 e. The third-order valence-corrected chi connectivity index (χ3v) is 5.22. The van der Waals surface area contributed by atoms with Crippen molar-refractivity contribution < 1.29 is 19.5 Å². The van der Waals surface area contributed by atoms with Crippen LogP contribution >= 0.6 is 0 Å². The van der Waals surface area contributed by atoms with Crippen LogP contribution in [0.15, 0.2) is 61.3 Å². The lowest BCUT2D eigenvalue weighted by molar-refractivity contribution is -0.111. The van der Waals surface area contributed by atoms with Crippen LogP contribution in [0.3, 0.4) is 0 Å². The van der Waals surface area contributed by atoms with Gasteiger partial charge in [0.15, 0.2) is 0 Å². The third kappa shape index (κ3) is 4.56. The average molecular weight is 431 g/mol. The summed E-state index contributed by atoms with van der Waals surface area (Å²) in [4.78, 5) is 45.8. The average Bonchev–Trinajstić information content (AvgIpc) is 3.27. The van der Waals surface area contributed by atoms with Crippen LogP contribution in [0.25, 0.3) is 10.9 Å². The molecule has 1 saturated heterocycles. The standard InChI is InChI=1S/C23H21N5O4/c1-2-20(29)25-17-7-5-14(6-8-17)21(30)28-10-9-18(13-28)26-23-24-12-16-4-3-15(22(31)32)11-19(16)27-23/h2-8,11-12,18H,1,9-10,13H2,(H,25,29)(H,31,32)(H,24,26,27). The fourth-order valence-corrected chi connectivity index (χ4v) is 3.54. The summed E-state index contributed by atoms with van der Waals surface area (Å²) in [6, 6.07) is 11.4. The summed E-state index contributed by atoms with van der Waals surface area (Å²) in [6.07, 6.45) is 3.55. The van der Waals surface area contributed by atoms with Gasteiger partial charge >= 0.3 is 5.97 Å². The predicted octanol–water partition coefficient (Wildman–Crippen LogP) is 2.78. The van der Waals surface area contributed by atoms with Crippen LogP contribution in [0.5, 0.6) is 0 Å². The number of anilines is 2. The van der Waals surface area contributed by atoms with Crippen molar-refractivity contribution in [2.45, 2.75) is 12.5 Å². The number of rotatable bonds is 6. The predicted molar refractivity (Wildman–Crippen MR) is 120 cm³/mol. The van der Waals surface area contributed by atoms with E-state index in [1.807, 2.05) is 0 Å². The van der Waals surface area contributed by atoms with Crippen LogP contribution in [0.1, 0.15) is 27.1 Å². The fraction of sp³-hybridized carbons (Fsp3) is 0.174. The van der Waals surface area contributed by atoms with E-state index in [0.717, 1.165) is 11.8 Å². The van der Waals surface area contributed by atoms with Gasteiger partial charge in [-0.05, 0) is 48.9 Å². The summed E-state index contributed by atoms with van der Waals surface area (Å²) in [6.45, 7) is 4.48. The summed E-state index contributed by atoms with van der Waals surface area (Å²) >= 11 is 0. The second-order valence-electron chi connectivity index (χ2n) is 7.42. The Morgan fingerprint density at radius 3 is 2.59 bits per heavy atom. The highest BCUT2D eigenvalue weighted by molar-refractivity contribution is 6.00. The molecule has 162 valence electrons. The van der Waals surface area contributed by atoms with Crippen LogP contribution in [0, 0.1) is 0 Å². The number of amides is 2. The van der Waals surface area contributed by atoms with Gasteiger partial charge in [0.1, 0.15) is 0 Å². The van der Waals surface area contributed by atoms with Crippen molar-refractivity contribution in [1.29, 1.82) is 0 Å². The third-order valence-electron chi connectivity index (χ3n) is 5.22. The van der Waals surface area contributed by atoms with Crippen LogP contribution in [0.2, 0.25) is 0 Å². The molecule has 0 saturated carbocycles. The maximum atomic E-state index is 12.8. The molecule has 1 aromatic heterocycles. The molecule has 0 aliphatic carbocycles. The Balaban J connectivity index is 1.40. The maximum absolute atomic E-state index is 12.8. The summed E-state index contributed by atoms with van der Waals surface area (Å²) < 4.78 is 0. The van der Waals surface area contributed by atoms with Gasteiger partial charge < -0.3 is 20.6 Å². The zero-order valence-corrected chi connectivity index (χ0v) is 17.1. The van der Waals surface area contributed by atoms with Crippen molar-refractivity contribution in [3.63, 3.8) is 0 Å². The minimum atomic E-state index is -1.01. The molecule has 9 heteroatoms. The Bertz CT molecular complexity index is 1210. The Morgan fingerprint density at radius 2 is 1.88 bits per heavy atom. The highest BCUT2D eigenvalue weighted by Gasteiger charge is 2.27. The Kier molecular flexibility index (Phi) is 5.80. The minimum absolute atomic E-state index is 0.0230. The Labute approximate surface area is 183 Å². The zero-order chi connectivity index (χ0) is 22.7. The molecule has 1 fully saturated rings. The van der Waals surface area contributed by atoms with Gasteiger partial charge in [-0.1, -0.05) is 12.6 Å². The lowest BCUT2D eigenvalue weighted by Gasteiger charge is -2.17. The minimum Gasteiger partial charge on any atom is -0.478 e. The number of carboxylic acids is 1. The second kappa shape index (κ2) is 8.84. The first-order chi connectivity index (χ1) is 15.4. The van der Waals surface area contributed by atoms with E-state index in [9.17, 15) is 14.4 Å². The molecule has 2 aromatic carbocycles. The lowest BCUT2D eigenvalue weighted by atomic mass is 10.1. The number of carbonyl (C=O) groups excluding carboxylic acids is 2. The van der Waals surface area contributed by atoms with E-state index in [4.69, 9.17) is 5.11 Å². The molecule has 3 aromatic rings. The normalized spacial score (nSPS) is 15.4. The molecule has 4 rings (SSSR count). The van der Waals surface area contributed by atoms with E-state index < -0.39 is 5.97 Å². The molecule has 32 heavy (non-hydrogen) atoms. The molecule has 9 nitrogen and oxygen atoms in total. The van der Waals surface area contributed by atoms with Crippen molar-refractivity contribution >= 4 is 40.3 Å². The summed E-state index contributed by atoms with van der Waals surface area (Å²) in [5.74, 6) is -1.03. The molecular weight excluding hydrogens is 410 g/mol. The molecule has 0 radical (unpaired) electrons. The van der Waals surface area contributed by atoms with Crippen LogP contribution < -0.4 is 10.6 Å². The number of fused-ring (bicyclic) bond motifs is 1. The van der Waals surface area contributed by atoms with Crippen LogP contribution in [0.4, 0.5) is 11.6 Å². The van der Waals surface area contributed by atoms with Gasteiger partial charge in [-0.3, -0.25) is 9.59 Å². The lowest BCUT2D eigenvalue weighted by Crippen LogP contribution is -2.31. The maximum Gasteiger partial charge on any atom is 0.335 e. The number of likely N-dealkylation sites (tertiary alicyclic amines) is 1. The molecule has 1 unspecified atom stereocenters. The summed E-state index contributed by atoms with van der Waals surface area (Å²) in [7, 11) is 0. The quantitative estimate of drug-likeness (QED) is 0.513. The molecule has 1 aliphatic rings. The smallest absolute Gasteiger partial charge is 0.335 e. The van der Waals surface area contributed by atoms with E-state index in [1.165, 1.54) is 18.2 Å². The molecule has 0 spiro atoms. The number of benzene rings is 2. The molecule has 3 N–H and O–H groups in total. The molecule has 1 atom stereocenters. The van der Waals surface area contributed by atoms with E-state index >= 15 is 0 Å². The van der Waals surface area contributed by atoms with Crippen molar-refractivity contribution in [3.05, 3.63) is 72.4 Å². The first kappa shape index (κ1) is 21.0. The summed E-state index contributed by atoms with van der Waals surface area (Å²) in [5, 5.41) is 15.8. The first-order valence-electron chi connectivity index (χ1n) is 10.0. The zero-order valence-electron chi connectivity index (χ0n) is 17.1. The topological polar surface area (TPSA) is 125 Å². The van der Waals surface area contributed by atoms with E-state index in [-0.39, 0.29) is 23.4 Å².